The van der Waals surface area contributed by atoms with Crippen LogP contribution in [0.2, 0.25) is 5.02 Å². The van der Waals surface area contributed by atoms with E-state index in [1.165, 1.54) is 0 Å². The quantitative estimate of drug-likeness (QED) is 0.878. The summed E-state index contributed by atoms with van der Waals surface area (Å²) in [6, 6.07) is 8.90. The van der Waals surface area contributed by atoms with Gasteiger partial charge in [0.15, 0.2) is 0 Å². The van der Waals surface area contributed by atoms with Crippen LogP contribution in [-0.2, 0) is 0 Å². The molecule has 0 spiro atoms. The zero-order chi connectivity index (χ0) is 13.8. The second-order valence-corrected chi connectivity index (χ2v) is 4.59. The zero-order valence-electron chi connectivity index (χ0n) is 10.5. The van der Waals surface area contributed by atoms with Crippen molar-refractivity contribution in [2.75, 3.05) is 5.32 Å². The molecule has 1 amide bonds. The molecule has 0 bridgehead atoms. The highest BCUT2D eigenvalue weighted by Crippen LogP contribution is 2.26. The largest absolute Gasteiger partial charge is 0.467 e. The Hall–Kier alpha value is -1.94. The minimum absolute atomic E-state index is 0.0388. The standard InChI is InChI=1S/C14H15ClN2O2/c1-2-12(13-4-3-7-19-13)17-9-5-6-11(15)10(8-9)14(16)18/h3-8,12,17H,2H2,1H3,(H2,16,18). The molecule has 1 unspecified atom stereocenters. The van der Waals surface area contributed by atoms with E-state index in [-0.39, 0.29) is 6.04 Å². The van der Waals surface area contributed by atoms with Crippen LogP contribution in [0.5, 0.6) is 0 Å². The molecule has 0 aliphatic carbocycles. The SMILES string of the molecule is CCC(Nc1ccc(Cl)c(C(N)=O)c1)c1ccco1. The average Bonchev–Trinajstić information content (AvgIpc) is 2.91. The van der Waals surface area contributed by atoms with E-state index in [0.717, 1.165) is 17.9 Å². The maximum Gasteiger partial charge on any atom is 0.250 e. The van der Waals surface area contributed by atoms with Crippen molar-refractivity contribution in [1.29, 1.82) is 0 Å². The van der Waals surface area contributed by atoms with Crippen LogP contribution in [0.1, 0.15) is 35.5 Å². The van der Waals surface area contributed by atoms with Crippen molar-refractivity contribution in [2.45, 2.75) is 19.4 Å². The number of amides is 1. The minimum Gasteiger partial charge on any atom is -0.467 e. The summed E-state index contributed by atoms with van der Waals surface area (Å²) in [5, 5.41) is 3.64. The molecule has 1 heterocycles. The van der Waals surface area contributed by atoms with Gasteiger partial charge in [-0.2, -0.15) is 0 Å². The molecule has 2 rings (SSSR count). The van der Waals surface area contributed by atoms with E-state index in [1.807, 2.05) is 19.1 Å². The number of furan rings is 1. The summed E-state index contributed by atoms with van der Waals surface area (Å²) >= 11 is 5.91. The van der Waals surface area contributed by atoms with Gasteiger partial charge in [0.1, 0.15) is 5.76 Å². The molecule has 3 N–H and O–H groups in total. The summed E-state index contributed by atoms with van der Waals surface area (Å²) in [5.74, 6) is 0.303. The number of carbonyl (C=O) groups is 1. The first kappa shape index (κ1) is 13.5. The van der Waals surface area contributed by atoms with Crippen LogP contribution in [0.4, 0.5) is 5.69 Å². The number of primary amides is 1. The first-order valence-corrected chi connectivity index (χ1v) is 6.39. The topological polar surface area (TPSA) is 68.3 Å². The number of benzene rings is 1. The maximum atomic E-state index is 11.2. The molecule has 1 aromatic carbocycles. The van der Waals surface area contributed by atoms with Gasteiger partial charge in [-0.05, 0) is 36.8 Å². The second kappa shape index (κ2) is 5.80. The lowest BCUT2D eigenvalue weighted by atomic mass is 10.1. The molecule has 5 heteroatoms. The molecule has 4 nitrogen and oxygen atoms in total. The molecular formula is C14H15ClN2O2. The van der Waals surface area contributed by atoms with E-state index in [4.69, 9.17) is 21.8 Å². The van der Waals surface area contributed by atoms with Crippen LogP contribution in [-0.4, -0.2) is 5.91 Å². The van der Waals surface area contributed by atoms with Crippen LogP contribution >= 0.6 is 11.6 Å². The van der Waals surface area contributed by atoms with Crippen molar-refractivity contribution in [3.8, 4) is 0 Å². The fraction of sp³-hybridized carbons (Fsp3) is 0.214. The fourth-order valence-electron chi connectivity index (χ4n) is 1.87. The van der Waals surface area contributed by atoms with Gasteiger partial charge in [-0.15, -0.1) is 0 Å². The van der Waals surface area contributed by atoms with E-state index in [9.17, 15) is 4.79 Å². The van der Waals surface area contributed by atoms with Gasteiger partial charge in [0, 0.05) is 5.69 Å². The Morgan fingerprint density at radius 2 is 2.26 bits per heavy atom. The van der Waals surface area contributed by atoms with E-state index in [2.05, 4.69) is 5.32 Å². The Kier molecular flexibility index (Phi) is 4.12. The highest BCUT2D eigenvalue weighted by molar-refractivity contribution is 6.33. The molecule has 0 saturated carbocycles. The summed E-state index contributed by atoms with van der Waals surface area (Å²) < 4.78 is 5.38. The molecule has 0 radical (unpaired) electrons. The Labute approximate surface area is 116 Å². The lowest BCUT2D eigenvalue weighted by Gasteiger charge is -2.16. The lowest BCUT2D eigenvalue weighted by molar-refractivity contribution is 0.100. The van der Waals surface area contributed by atoms with Crippen LogP contribution in [0, 0.1) is 0 Å². The van der Waals surface area contributed by atoms with Gasteiger partial charge in [0.05, 0.1) is 22.9 Å². The number of rotatable bonds is 5. The van der Waals surface area contributed by atoms with Crippen molar-refractivity contribution >= 4 is 23.2 Å². The first-order valence-electron chi connectivity index (χ1n) is 6.01. The van der Waals surface area contributed by atoms with Crippen LogP contribution in [0.25, 0.3) is 0 Å². The van der Waals surface area contributed by atoms with Gasteiger partial charge in [-0.3, -0.25) is 4.79 Å². The molecule has 0 aliphatic heterocycles. The normalized spacial score (nSPS) is 12.1. The fourth-order valence-corrected chi connectivity index (χ4v) is 2.08. The highest BCUT2D eigenvalue weighted by atomic mass is 35.5. The Morgan fingerprint density at radius 1 is 1.47 bits per heavy atom. The monoisotopic (exact) mass is 278 g/mol. The van der Waals surface area contributed by atoms with Gasteiger partial charge in [-0.25, -0.2) is 0 Å². The molecule has 1 aromatic heterocycles. The Bertz CT molecular complexity index is 567. The predicted octanol–water partition coefficient (Wildman–Crippen LogP) is 3.60. The third-order valence-corrected chi connectivity index (χ3v) is 3.20. The van der Waals surface area contributed by atoms with Gasteiger partial charge < -0.3 is 15.5 Å². The van der Waals surface area contributed by atoms with Crippen LogP contribution < -0.4 is 11.1 Å². The smallest absolute Gasteiger partial charge is 0.250 e. The van der Waals surface area contributed by atoms with Crippen LogP contribution in [0.3, 0.4) is 0 Å². The summed E-state index contributed by atoms with van der Waals surface area (Å²) in [6.07, 6.45) is 2.48. The van der Waals surface area contributed by atoms with Crippen molar-refractivity contribution < 1.29 is 9.21 Å². The van der Waals surface area contributed by atoms with E-state index < -0.39 is 5.91 Å². The Morgan fingerprint density at radius 3 is 2.84 bits per heavy atom. The van der Waals surface area contributed by atoms with Gasteiger partial charge in [-0.1, -0.05) is 18.5 Å². The maximum absolute atomic E-state index is 11.2. The first-order chi connectivity index (χ1) is 9.11. The molecule has 0 saturated heterocycles. The summed E-state index contributed by atoms with van der Waals surface area (Å²) in [7, 11) is 0. The van der Waals surface area contributed by atoms with Gasteiger partial charge in [0.25, 0.3) is 0 Å². The van der Waals surface area contributed by atoms with E-state index in [1.54, 1.807) is 24.5 Å². The van der Waals surface area contributed by atoms with Crippen molar-refractivity contribution in [1.82, 2.24) is 0 Å². The number of hydrogen-bond acceptors (Lipinski definition) is 3. The summed E-state index contributed by atoms with van der Waals surface area (Å²) in [5.41, 5.74) is 6.36. The Balaban J connectivity index is 2.23. The number of carbonyl (C=O) groups excluding carboxylic acids is 1. The summed E-state index contributed by atoms with van der Waals surface area (Å²) in [4.78, 5) is 11.2. The molecule has 19 heavy (non-hydrogen) atoms. The van der Waals surface area contributed by atoms with Crippen molar-refractivity contribution in [3.05, 3.63) is 52.9 Å². The number of anilines is 1. The number of hydrogen-bond donors (Lipinski definition) is 2. The number of nitrogens with one attached hydrogen (secondary N) is 1. The van der Waals surface area contributed by atoms with Crippen molar-refractivity contribution in [2.24, 2.45) is 5.73 Å². The van der Waals surface area contributed by atoms with Crippen molar-refractivity contribution in [3.63, 3.8) is 0 Å². The van der Waals surface area contributed by atoms with E-state index in [0.29, 0.717) is 10.6 Å². The lowest BCUT2D eigenvalue weighted by Crippen LogP contribution is -2.13. The molecule has 1 atom stereocenters. The second-order valence-electron chi connectivity index (χ2n) is 4.18. The average molecular weight is 279 g/mol. The molecular weight excluding hydrogens is 264 g/mol. The molecule has 2 aromatic rings. The minimum atomic E-state index is -0.542. The predicted molar refractivity (Wildman–Crippen MR) is 75.3 cm³/mol. The van der Waals surface area contributed by atoms with E-state index >= 15 is 0 Å². The highest BCUT2D eigenvalue weighted by Gasteiger charge is 2.13. The molecule has 0 fully saturated rings. The summed E-state index contributed by atoms with van der Waals surface area (Å²) in [6.45, 7) is 2.05. The number of nitrogens with two attached hydrogens (primary N) is 1. The zero-order valence-corrected chi connectivity index (χ0v) is 11.3. The third-order valence-electron chi connectivity index (χ3n) is 2.87. The molecule has 100 valence electrons. The third kappa shape index (κ3) is 3.09. The molecule has 0 aliphatic rings. The van der Waals surface area contributed by atoms with Gasteiger partial charge >= 0.3 is 0 Å². The van der Waals surface area contributed by atoms with Crippen LogP contribution in [0.15, 0.2) is 41.0 Å². The van der Waals surface area contributed by atoms with Gasteiger partial charge in [0.2, 0.25) is 5.91 Å². The number of halogens is 1.